The van der Waals surface area contributed by atoms with Gasteiger partial charge in [-0.15, -0.1) is 0 Å². The van der Waals surface area contributed by atoms with Crippen LogP contribution < -0.4 is 5.32 Å². The summed E-state index contributed by atoms with van der Waals surface area (Å²) in [7, 11) is 0. The van der Waals surface area contributed by atoms with Gasteiger partial charge < -0.3 is 10.4 Å². The van der Waals surface area contributed by atoms with Gasteiger partial charge in [0.2, 0.25) is 0 Å². The third kappa shape index (κ3) is 4.39. The number of benzene rings is 2. The molecular weight excluding hydrogens is 246 g/mol. The van der Waals surface area contributed by atoms with Gasteiger partial charge in [-0.3, -0.25) is 0 Å². The average Bonchev–Trinajstić information content (AvgIpc) is 2.49. The predicted octanol–water partition coefficient (Wildman–Crippen LogP) is 4.07. The molecule has 0 amide bonds. The zero-order chi connectivity index (χ0) is 14.2. The van der Waals surface area contributed by atoms with Gasteiger partial charge in [-0.25, -0.2) is 0 Å². The first kappa shape index (κ1) is 14.6. The third-order valence-electron chi connectivity index (χ3n) is 3.52. The van der Waals surface area contributed by atoms with Crippen LogP contribution in [0.1, 0.15) is 36.9 Å². The summed E-state index contributed by atoms with van der Waals surface area (Å²) < 4.78 is 0. The van der Waals surface area contributed by atoms with Gasteiger partial charge in [0.1, 0.15) is 5.75 Å². The first-order valence-corrected chi connectivity index (χ1v) is 7.36. The fraction of sp³-hybridized carbons (Fsp3) is 0.333. The summed E-state index contributed by atoms with van der Waals surface area (Å²) in [5.74, 6) is 0.329. The Hall–Kier alpha value is -1.80. The van der Waals surface area contributed by atoms with Crippen LogP contribution >= 0.6 is 0 Å². The quantitative estimate of drug-likeness (QED) is 0.794. The summed E-state index contributed by atoms with van der Waals surface area (Å²) in [6.45, 7) is 3.17. The molecular formula is C18H23NO. The monoisotopic (exact) mass is 269 g/mol. The van der Waals surface area contributed by atoms with Crippen molar-refractivity contribution in [3.8, 4) is 5.75 Å². The molecule has 0 radical (unpaired) electrons. The zero-order valence-electron chi connectivity index (χ0n) is 12.0. The molecule has 2 heteroatoms. The van der Waals surface area contributed by atoms with Crippen molar-refractivity contribution in [2.75, 3.05) is 6.54 Å². The lowest BCUT2D eigenvalue weighted by Gasteiger charge is -2.18. The first-order chi connectivity index (χ1) is 9.79. The van der Waals surface area contributed by atoms with Crippen molar-refractivity contribution in [3.63, 3.8) is 0 Å². The van der Waals surface area contributed by atoms with Crippen molar-refractivity contribution >= 4 is 0 Å². The molecule has 0 heterocycles. The van der Waals surface area contributed by atoms with Gasteiger partial charge in [0.25, 0.3) is 0 Å². The fourth-order valence-corrected chi connectivity index (χ4v) is 2.41. The fourth-order valence-electron chi connectivity index (χ4n) is 2.41. The second-order valence-corrected chi connectivity index (χ2v) is 5.12. The molecule has 2 N–H and O–H groups in total. The van der Waals surface area contributed by atoms with E-state index < -0.39 is 0 Å². The van der Waals surface area contributed by atoms with E-state index >= 15 is 0 Å². The Labute approximate surface area is 121 Å². The maximum atomic E-state index is 9.27. The lowest BCUT2D eigenvalue weighted by atomic mass is 10.0. The van der Waals surface area contributed by atoms with Gasteiger partial charge in [0, 0.05) is 6.04 Å². The molecule has 0 bridgehead atoms. The SMILES string of the molecule is CCCC(NCCc1ccc(O)cc1)c1ccccc1. The molecule has 106 valence electrons. The van der Waals surface area contributed by atoms with Crippen LogP contribution in [0.4, 0.5) is 0 Å². The molecule has 20 heavy (non-hydrogen) atoms. The molecule has 1 atom stereocenters. The Morgan fingerprint density at radius 1 is 1.00 bits per heavy atom. The van der Waals surface area contributed by atoms with Crippen LogP contribution in [0.15, 0.2) is 54.6 Å². The Morgan fingerprint density at radius 3 is 2.35 bits per heavy atom. The summed E-state index contributed by atoms with van der Waals surface area (Å²) in [6.07, 6.45) is 3.30. The number of nitrogens with one attached hydrogen (secondary N) is 1. The van der Waals surface area contributed by atoms with Crippen LogP contribution in [0.5, 0.6) is 5.75 Å². The molecule has 0 fully saturated rings. The molecule has 2 rings (SSSR count). The number of phenols is 1. The van der Waals surface area contributed by atoms with Gasteiger partial charge >= 0.3 is 0 Å². The molecule has 0 aliphatic heterocycles. The number of hydrogen-bond donors (Lipinski definition) is 2. The molecule has 0 saturated heterocycles. The molecule has 2 aromatic rings. The van der Waals surface area contributed by atoms with E-state index in [-0.39, 0.29) is 0 Å². The van der Waals surface area contributed by atoms with Crippen molar-refractivity contribution in [1.29, 1.82) is 0 Å². The number of phenolic OH excluding ortho intramolecular Hbond substituents is 1. The molecule has 0 spiro atoms. The van der Waals surface area contributed by atoms with Crippen molar-refractivity contribution in [1.82, 2.24) is 5.32 Å². The van der Waals surface area contributed by atoms with Crippen LogP contribution in [0.3, 0.4) is 0 Å². The summed E-state index contributed by atoms with van der Waals surface area (Å²) in [5.41, 5.74) is 2.61. The third-order valence-corrected chi connectivity index (χ3v) is 3.52. The van der Waals surface area contributed by atoms with E-state index in [1.807, 2.05) is 12.1 Å². The Morgan fingerprint density at radius 2 is 1.70 bits per heavy atom. The lowest BCUT2D eigenvalue weighted by Crippen LogP contribution is -2.23. The van der Waals surface area contributed by atoms with Crippen molar-refractivity contribution in [2.45, 2.75) is 32.2 Å². The van der Waals surface area contributed by atoms with E-state index in [4.69, 9.17) is 0 Å². The minimum absolute atomic E-state index is 0.329. The predicted molar refractivity (Wildman–Crippen MR) is 83.9 cm³/mol. The van der Waals surface area contributed by atoms with E-state index in [2.05, 4.69) is 42.6 Å². The highest BCUT2D eigenvalue weighted by molar-refractivity contribution is 5.26. The van der Waals surface area contributed by atoms with Gasteiger partial charge in [-0.2, -0.15) is 0 Å². The highest BCUT2D eigenvalue weighted by Crippen LogP contribution is 2.18. The highest BCUT2D eigenvalue weighted by atomic mass is 16.3. The first-order valence-electron chi connectivity index (χ1n) is 7.36. The molecule has 0 aliphatic rings. The standard InChI is InChI=1S/C18H23NO/c1-2-6-18(16-7-4-3-5-8-16)19-14-13-15-9-11-17(20)12-10-15/h3-5,7-12,18-20H,2,6,13-14H2,1H3. The molecule has 2 nitrogen and oxygen atoms in total. The summed E-state index contributed by atoms with van der Waals surface area (Å²) in [5, 5.41) is 12.9. The Bertz CT molecular complexity index is 493. The van der Waals surface area contributed by atoms with E-state index in [0.29, 0.717) is 11.8 Å². The van der Waals surface area contributed by atoms with E-state index in [1.165, 1.54) is 17.5 Å². The zero-order valence-corrected chi connectivity index (χ0v) is 12.0. The number of rotatable bonds is 7. The van der Waals surface area contributed by atoms with Gasteiger partial charge in [0.05, 0.1) is 0 Å². The summed E-state index contributed by atoms with van der Waals surface area (Å²) in [6, 6.07) is 18.5. The highest BCUT2D eigenvalue weighted by Gasteiger charge is 2.08. The Balaban J connectivity index is 1.88. The largest absolute Gasteiger partial charge is 0.508 e. The van der Waals surface area contributed by atoms with Crippen molar-refractivity contribution in [2.24, 2.45) is 0 Å². The van der Waals surface area contributed by atoms with Crippen LogP contribution in [0.25, 0.3) is 0 Å². The molecule has 0 aromatic heterocycles. The van der Waals surface area contributed by atoms with E-state index in [1.54, 1.807) is 12.1 Å². The minimum Gasteiger partial charge on any atom is -0.508 e. The minimum atomic E-state index is 0.329. The topological polar surface area (TPSA) is 32.3 Å². The molecule has 1 unspecified atom stereocenters. The lowest BCUT2D eigenvalue weighted by molar-refractivity contribution is 0.474. The second kappa shape index (κ2) is 7.71. The average molecular weight is 269 g/mol. The van der Waals surface area contributed by atoms with Gasteiger partial charge in [0.15, 0.2) is 0 Å². The summed E-state index contributed by atoms with van der Waals surface area (Å²) in [4.78, 5) is 0. The van der Waals surface area contributed by atoms with Crippen LogP contribution in [-0.2, 0) is 6.42 Å². The summed E-state index contributed by atoms with van der Waals surface area (Å²) >= 11 is 0. The number of hydrogen-bond acceptors (Lipinski definition) is 2. The smallest absolute Gasteiger partial charge is 0.115 e. The van der Waals surface area contributed by atoms with E-state index in [9.17, 15) is 5.11 Å². The van der Waals surface area contributed by atoms with Crippen LogP contribution in [0.2, 0.25) is 0 Å². The van der Waals surface area contributed by atoms with Gasteiger partial charge in [-0.05, 0) is 42.6 Å². The second-order valence-electron chi connectivity index (χ2n) is 5.12. The molecule has 0 saturated carbocycles. The van der Waals surface area contributed by atoms with Crippen LogP contribution in [0, 0.1) is 0 Å². The number of aromatic hydroxyl groups is 1. The maximum absolute atomic E-state index is 9.27. The Kier molecular flexibility index (Phi) is 5.63. The molecule has 0 aliphatic carbocycles. The van der Waals surface area contributed by atoms with Gasteiger partial charge in [-0.1, -0.05) is 55.8 Å². The van der Waals surface area contributed by atoms with Crippen LogP contribution in [-0.4, -0.2) is 11.7 Å². The van der Waals surface area contributed by atoms with E-state index in [0.717, 1.165) is 19.4 Å². The van der Waals surface area contributed by atoms with Crippen molar-refractivity contribution in [3.05, 3.63) is 65.7 Å². The molecule has 2 aromatic carbocycles. The maximum Gasteiger partial charge on any atom is 0.115 e. The normalized spacial score (nSPS) is 12.2. The van der Waals surface area contributed by atoms with Crippen molar-refractivity contribution < 1.29 is 5.11 Å².